The summed E-state index contributed by atoms with van der Waals surface area (Å²) in [6, 6.07) is 4.02. The Morgan fingerprint density at radius 1 is 1.38 bits per heavy atom. The van der Waals surface area contributed by atoms with Crippen LogP contribution in [0, 0.1) is 5.92 Å². The van der Waals surface area contributed by atoms with E-state index in [0.717, 1.165) is 19.3 Å². The summed E-state index contributed by atoms with van der Waals surface area (Å²) in [5, 5.41) is 0. The number of benzene rings is 1. The van der Waals surface area contributed by atoms with Gasteiger partial charge < -0.3 is 10.5 Å². The molecule has 1 aliphatic rings. The molecule has 0 aromatic heterocycles. The Balaban J connectivity index is 2.33. The molecular weight excluding hydrogens is 292 g/mol. The van der Waals surface area contributed by atoms with Gasteiger partial charge in [-0.05, 0) is 43.4 Å². The number of carbonyl (C=O) groups is 1. The van der Waals surface area contributed by atoms with Gasteiger partial charge in [-0.15, -0.1) is 0 Å². The van der Waals surface area contributed by atoms with Crippen LogP contribution in [0.2, 0.25) is 0 Å². The van der Waals surface area contributed by atoms with E-state index in [4.69, 9.17) is 5.73 Å². The van der Waals surface area contributed by atoms with E-state index >= 15 is 0 Å². The third-order valence-corrected chi connectivity index (χ3v) is 5.29. The first-order valence-corrected chi connectivity index (χ1v) is 8.32. The molecule has 2 rings (SSSR count). The average Bonchev–Trinajstić information content (AvgIpc) is 2.82. The van der Waals surface area contributed by atoms with Crippen molar-refractivity contribution < 1.29 is 17.9 Å². The van der Waals surface area contributed by atoms with Gasteiger partial charge in [0.05, 0.1) is 17.6 Å². The zero-order valence-electron chi connectivity index (χ0n) is 12.1. The van der Waals surface area contributed by atoms with E-state index in [1.54, 1.807) is 0 Å². The number of rotatable bonds is 4. The first-order chi connectivity index (χ1) is 9.83. The molecule has 0 radical (unpaired) electrons. The van der Waals surface area contributed by atoms with Gasteiger partial charge in [-0.1, -0.05) is 6.92 Å². The van der Waals surface area contributed by atoms with Gasteiger partial charge in [-0.3, -0.25) is 0 Å². The standard InChI is InChI=1S/C14H20N2O4S/c1-9-3-5-11(7-9)16-21(18,19)13-6-4-10(15)8-12(13)14(17)20-2/h4,6,8-9,11,16H,3,5,7,15H2,1-2H3. The van der Waals surface area contributed by atoms with Crippen LogP contribution in [0.5, 0.6) is 0 Å². The lowest BCUT2D eigenvalue weighted by molar-refractivity contribution is 0.0596. The van der Waals surface area contributed by atoms with E-state index in [1.165, 1.54) is 25.3 Å². The minimum atomic E-state index is -3.78. The summed E-state index contributed by atoms with van der Waals surface area (Å²) in [4.78, 5) is 11.7. The van der Waals surface area contributed by atoms with Crippen LogP contribution in [0.15, 0.2) is 23.1 Å². The van der Waals surface area contributed by atoms with Crippen molar-refractivity contribution in [3.8, 4) is 0 Å². The van der Waals surface area contributed by atoms with Crippen molar-refractivity contribution in [2.45, 2.75) is 37.1 Å². The summed E-state index contributed by atoms with van der Waals surface area (Å²) in [7, 11) is -2.57. The van der Waals surface area contributed by atoms with E-state index in [-0.39, 0.29) is 16.5 Å². The molecule has 116 valence electrons. The molecule has 1 aromatic carbocycles. The Labute approximate surface area is 124 Å². The number of sulfonamides is 1. The van der Waals surface area contributed by atoms with E-state index in [2.05, 4.69) is 16.4 Å². The second-order valence-electron chi connectivity index (χ2n) is 5.48. The lowest BCUT2D eigenvalue weighted by atomic mass is 10.1. The summed E-state index contributed by atoms with van der Waals surface area (Å²) >= 11 is 0. The molecule has 0 amide bonds. The van der Waals surface area contributed by atoms with E-state index in [1.807, 2.05) is 0 Å². The van der Waals surface area contributed by atoms with Gasteiger partial charge in [0.2, 0.25) is 10.0 Å². The fourth-order valence-corrected chi connectivity index (χ4v) is 4.11. The second-order valence-corrected chi connectivity index (χ2v) is 7.17. The SMILES string of the molecule is COC(=O)c1cc(N)ccc1S(=O)(=O)NC1CCC(C)C1. The predicted molar refractivity (Wildman–Crippen MR) is 79.3 cm³/mol. The smallest absolute Gasteiger partial charge is 0.339 e. The minimum absolute atomic E-state index is 0.0453. The number of nitrogens with two attached hydrogens (primary N) is 1. The topological polar surface area (TPSA) is 98.5 Å². The van der Waals surface area contributed by atoms with Crippen molar-refractivity contribution in [2.24, 2.45) is 5.92 Å². The summed E-state index contributed by atoms with van der Waals surface area (Å²) in [5.41, 5.74) is 5.89. The Kier molecular flexibility index (Phi) is 4.53. The first-order valence-electron chi connectivity index (χ1n) is 6.83. The summed E-state index contributed by atoms with van der Waals surface area (Å²) < 4.78 is 32.3. The summed E-state index contributed by atoms with van der Waals surface area (Å²) in [5.74, 6) is -0.216. The van der Waals surface area contributed by atoms with Crippen molar-refractivity contribution in [1.82, 2.24) is 4.72 Å². The lowest BCUT2D eigenvalue weighted by Gasteiger charge is -2.15. The normalized spacial score (nSPS) is 22.2. The molecule has 0 spiro atoms. The molecule has 1 aromatic rings. The molecule has 0 saturated heterocycles. The van der Waals surface area contributed by atoms with Gasteiger partial charge in [0.1, 0.15) is 0 Å². The van der Waals surface area contributed by atoms with Crippen LogP contribution in [0.25, 0.3) is 0 Å². The number of nitrogens with one attached hydrogen (secondary N) is 1. The van der Waals surface area contributed by atoms with E-state index < -0.39 is 16.0 Å². The molecule has 7 heteroatoms. The van der Waals surface area contributed by atoms with Crippen molar-refractivity contribution in [3.63, 3.8) is 0 Å². The monoisotopic (exact) mass is 312 g/mol. The van der Waals surface area contributed by atoms with Crippen LogP contribution in [-0.2, 0) is 14.8 Å². The van der Waals surface area contributed by atoms with Crippen LogP contribution in [0.4, 0.5) is 5.69 Å². The molecular formula is C14H20N2O4S. The van der Waals surface area contributed by atoms with Gasteiger partial charge in [0.25, 0.3) is 0 Å². The van der Waals surface area contributed by atoms with Crippen LogP contribution in [0.1, 0.15) is 36.5 Å². The molecule has 6 nitrogen and oxygen atoms in total. The fraction of sp³-hybridized carbons (Fsp3) is 0.500. The highest BCUT2D eigenvalue weighted by Crippen LogP contribution is 2.27. The van der Waals surface area contributed by atoms with Gasteiger partial charge in [0, 0.05) is 11.7 Å². The first kappa shape index (κ1) is 15.8. The average molecular weight is 312 g/mol. The largest absolute Gasteiger partial charge is 0.465 e. The molecule has 1 aliphatic carbocycles. The highest BCUT2D eigenvalue weighted by molar-refractivity contribution is 7.89. The minimum Gasteiger partial charge on any atom is -0.465 e. The number of methoxy groups -OCH3 is 1. The molecule has 0 heterocycles. The Hall–Kier alpha value is -1.60. The Bertz CT molecular complexity index is 642. The maximum absolute atomic E-state index is 12.5. The van der Waals surface area contributed by atoms with Crippen molar-refractivity contribution in [3.05, 3.63) is 23.8 Å². The van der Waals surface area contributed by atoms with Gasteiger partial charge in [0.15, 0.2) is 0 Å². The molecule has 1 saturated carbocycles. The Morgan fingerprint density at radius 3 is 2.67 bits per heavy atom. The van der Waals surface area contributed by atoms with Crippen LogP contribution in [-0.4, -0.2) is 27.5 Å². The molecule has 1 fully saturated rings. The van der Waals surface area contributed by atoms with Crippen molar-refractivity contribution in [2.75, 3.05) is 12.8 Å². The molecule has 2 unspecified atom stereocenters. The predicted octanol–water partition coefficient (Wildman–Crippen LogP) is 1.52. The highest BCUT2D eigenvalue weighted by atomic mass is 32.2. The van der Waals surface area contributed by atoms with Gasteiger partial charge in [-0.2, -0.15) is 0 Å². The third-order valence-electron chi connectivity index (χ3n) is 3.72. The molecule has 21 heavy (non-hydrogen) atoms. The van der Waals surface area contributed by atoms with Crippen LogP contribution >= 0.6 is 0 Å². The molecule has 0 bridgehead atoms. The summed E-state index contributed by atoms with van der Waals surface area (Å²) in [6.07, 6.45) is 2.61. The van der Waals surface area contributed by atoms with Crippen LogP contribution in [0.3, 0.4) is 0 Å². The van der Waals surface area contributed by atoms with E-state index in [0.29, 0.717) is 11.6 Å². The lowest BCUT2D eigenvalue weighted by Crippen LogP contribution is -2.34. The maximum atomic E-state index is 12.5. The molecule has 3 N–H and O–H groups in total. The number of hydrogen-bond acceptors (Lipinski definition) is 5. The van der Waals surface area contributed by atoms with Crippen molar-refractivity contribution in [1.29, 1.82) is 0 Å². The molecule has 2 atom stereocenters. The molecule has 0 aliphatic heterocycles. The number of anilines is 1. The zero-order chi connectivity index (χ0) is 15.6. The second kappa shape index (κ2) is 6.03. The quantitative estimate of drug-likeness (QED) is 0.649. The third kappa shape index (κ3) is 3.54. The number of hydrogen-bond donors (Lipinski definition) is 2. The zero-order valence-corrected chi connectivity index (χ0v) is 12.9. The van der Waals surface area contributed by atoms with Crippen LogP contribution < -0.4 is 10.5 Å². The number of ether oxygens (including phenoxy) is 1. The maximum Gasteiger partial charge on any atom is 0.339 e. The highest BCUT2D eigenvalue weighted by Gasteiger charge is 2.29. The number of nitrogen functional groups attached to an aromatic ring is 1. The summed E-state index contributed by atoms with van der Waals surface area (Å²) in [6.45, 7) is 2.09. The Morgan fingerprint density at radius 2 is 2.10 bits per heavy atom. The fourth-order valence-electron chi connectivity index (χ4n) is 2.65. The number of esters is 1. The van der Waals surface area contributed by atoms with Gasteiger partial charge in [-0.25, -0.2) is 17.9 Å². The van der Waals surface area contributed by atoms with Crippen molar-refractivity contribution >= 4 is 21.7 Å². The van der Waals surface area contributed by atoms with E-state index in [9.17, 15) is 13.2 Å². The number of carbonyl (C=O) groups excluding carboxylic acids is 1. The van der Waals surface area contributed by atoms with Gasteiger partial charge >= 0.3 is 5.97 Å².